The van der Waals surface area contributed by atoms with Gasteiger partial charge in [0.2, 0.25) is 11.7 Å². The van der Waals surface area contributed by atoms with E-state index in [0.29, 0.717) is 18.1 Å². The summed E-state index contributed by atoms with van der Waals surface area (Å²) in [6.07, 6.45) is 4.03. The van der Waals surface area contributed by atoms with Crippen LogP contribution in [0.25, 0.3) is 11.4 Å². The molecule has 2 aromatic heterocycles. The van der Waals surface area contributed by atoms with Crippen LogP contribution in [-0.4, -0.2) is 15.1 Å². The quantitative estimate of drug-likeness (QED) is 0.786. The highest BCUT2D eigenvalue weighted by Crippen LogP contribution is 2.21. The third kappa shape index (κ3) is 3.34. The second kappa shape index (κ2) is 6.15. The molecule has 3 rings (SSSR count). The highest BCUT2D eigenvalue weighted by atomic mass is 79.9. The first-order valence-electron chi connectivity index (χ1n) is 6.46. The van der Waals surface area contributed by atoms with Gasteiger partial charge in [-0.05, 0) is 34.0 Å². The van der Waals surface area contributed by atoms with E-state index in [0.717, 1.165) is 15.6 Å². The van der Waals surface area contributed by atoms with Crippen molar-refractivity contribution < 1.29 is 4.52 Å². The number of nitrogens with zero attached hydrogens (tertiary/aromatic N) is 3. The molecule has 6 heteroatoms. The van der Waals surface area contributed by atoms with E-state index in [1.807, 2.05) is 36.4 Å². The summed E-state index contributed by atoms with van der Waals surface area (Å²) in [6.45, 7) is 0. The monoisotopic (exact) mass is 344 g/mol. The van der Waals surface area contributed by atoms with Crippen molar-refractivity contribution in [2.45, 2.75) is 12.5 Å². The van der Waals surface area contributed by atoms with E-state index in [1.54, 1.807) is 12.4 Å². The Morgan fingerprint density at radius 3 is 2.76 bits per heavy atom. The van der Waals surface area contributed by atoms with Crippen LogP contribution in [0.4, 0.5) is 0 Å². The highest BCUT2D eigenvalue weighted by molar-refractivity contribution is 9.10. The molecule has 1 aromatic carbocycles. The summed E-state index contributed by atoms with van der Waals surface area (Å²) in [5.74, 6) is 0.913. The number of pyridine rings is 1. The van der Waals surface area contributed by atoms with E-state index >= 15 is 0 Å². The molecule has 2 heterocycles. The maximum atomic E-state index is 6.13. The average molecular weight is 345 g/mol. The molecule has 0 aliphatic carbocycles. The lowest BCUT2D eigenvalue weighted by Crippen LogP contribution is -2.13. The highest BCUT2D eigenvalue weighted by Gasteiger charge is 2.16. The van der Waals surface area contributed by atoms with Crippen LogP contribution >= 0.6 is 15.9 Å². The predicted molar refractivity (Wildman–Crippen MR) is 82.3 cm³/mol. The molecule has 5 nitrogen and oxygen atoms in total. The molecule has 0 amide bonds. The Kier molecular flexibility index (Phi) is 4.08. The van der Waals surface area contributed by atoms with Crippen molar-refractivity contribution in [2.75, 3.05) is 0 Å². The summed E-state index contributed by atoms with van der Waals surface area (Å²) < 4.78 is 6.12. The lowest BCUT2D eigenvalue weighted by Gasteiger charge is -2.05. The average Bonchev–Trinajstić information content (AvgIpc) is 2.98. The standard InChI is InChI=1S/C15H13BrN4O/c16-12-7-11(8-18-9-12)14-19-15(21-20-14)13(17)6-10-4-2-1-3-5-10/h1-5,7-9,13H,6,17H2/t13-/m1/s1. The Morgan fingerprint density at radius 2 is 2.00 bits per heavy atom. The van der Waals surface area contributed by atoms with Gasteiger partial charge in [-0.1, -0.05) is 35.5 Å². The number of rotatable bonds is 4. The van der Waals surface area contributed by atoms with Crippen molar-refractivity contribution in [1.29, 1.82) is 0 Å². The lowest BCUT2D eigenvalue weighted by molar-refractivity contribution is 0.354. The van der Waals surface area contributed by atoms with Crippen LogP contribution in [0.15, 0.2) is 57.8 Å². The largest absolute Gasteiger partial charge is 0.337 e. The number of aromatic nitrogens is 3. The Bertz CT molecular complexity index is 729. The van der Waals surface area contributed by atoms with Crippen molar-refractivity contribution in [1.82, 2.24) is 15.1 Å². The minimum Gasteiger partial charge on any atom is -0.337 e. The maximum absolute atomic E-state index is 6.13. The molecule has 0 spiro atoms. The fourth-order valence-corrected chi connectivity index (χ4v) is 2.36. The third-order valence-corrected chi connectivity index (χ3v) is 3.45. The second-order valence-corrected chi connectivity index (χ2v) is 5.56. The number of hydrogen-bond acceptors (Lipinski definition) is 5. The van der Waals surface area contributed by atoms with Crippen molar-refractivity contribution in [3.05, 3.63) is 64.7 Å². The van der Waals surface area contributed by atoms with Crippen molar-refractivity contribution >= 4 is 15.9 Å². The van der Waals surface area contributed by atoms with E-state index in [4.69, 9.17) is 10.3 Å². The smallest absolute Gasteiger partial charge is 0.244 e. The summed E-state index contributed by atoms with van der Waals surface area (Å²) in [5.41, 5.74) is 8.04. The third-order valence-electron chi connectivity index (χ3n) is 3.02. The van der Waals surface area contributed by atoms with E-state index in [9.17, 15) is 0 Å². The van der Waals surface area contributed by atoms with Gasteiger partial charge in [0.1, 0.15) is 0 Å². The molecule has 1 atom stereocenters. The molecular weight excluding hydrogens is 332 g/mol. The van der Waals surface area contributed by atoms with E-state index in [1.165, 1.54) is 0 Å². The fraction of sp³-hybridized carbons (Fsp3) is 0.133. The number of hydrogen-bond donors (Lipinski definition) is 1. The summed E-state index contributed by atoms with van der Waals surface area (Å²) in [7, 11) is 0. The van der Waals surface area contributed by atoms with Crippen LogP contribution in [0, 0.1) is 0 Å². The zero-order valence-electron chi connectivity index (χ0n) is 11.1. The Hall–Kier alpha value is -2.05. The molecule has 2 N–H and O–H groups in total. The first-order valence-corrected chi connectivity index (χ1v) is 7.26. The van der Waals surface area contributed by atoms with Gasteiger partial charge >= 0.3 is 0 Å². The molecule has 3 aromatic rings. The summed E-state index contributed by atoms with van der Waals surface area (Å²) >= 11 is 3.37. The molecule has 0 fully saturated rings. The Morgan fingerprint density at radius 1 is 1.19 bits per heavy atom. The molecule has 0 radical (unpaired) electrons. The Balaban J connectivity index is 1.78. The van der Waals surface area contributed by atoms with Crippen LogP contribution in [0.1, 0.15) is 17.5 Å². The first-order chi connectivity index (χ1) is 10.2. The zero-order valence-corrected chi connectivity index (χ0v) is 12.7. The van der Waals surface area contributed by atoms with Crippen LogP contribution in [0.2, 0.25) is 0 Å². The molecule has 106 valence electrons. The van der Waals surface area contributed by atoms with Crippen molar-refractivity contribution in [2.24, 2.45) is 5.73 Å². The van der Waals surface area contributed by atoms with Gasteiger partial charge in [-0.3, -0.25) is 4.98 Å². The van der Waals surface area contributed by atoms with Gasteiger partial charge in [-0.15, -0.1) is 0 Å². The molecule has 0 aliphatic heterocycles. The van der Waals surface area contributed by atoms with Gasteiger partial charge in [0.25, 0.3) is 0 Å². The topological polar surface area (TPSA) is 77.8 Å². The minimum absolute atomic E-state index is 0.325. The van der Waals surface area contributed by atoms with Gasteiger partial charge in [-0.2, -0.15) is 4.98 Å². The molecule has 21 heavy (non-hydrogen) atoms. The fourth-order valence-electron chi connectivity index (χ4n) is 1.99. The second-order valence-electron chi connectivity index (χ2n) is 4.64. The van der Waals surface area contributed by atoms with Gasteiger partial charge < -0.3 is 10.3 Å². The number of benzene rings is 1. The van der Waals surface area contributed by atoms with Gasteiger partial charge in [-0.25, -0.2) is 0 Å². The SMILES string of the molecule is N[C@H](Cc1ccccc1)c1nc(-c2cncc(Br)c2)no1. The van der Waals surface area contributed by atoms with Crippen molar-refractivity contribution in [3.8, 4) is 11.4 Å². The van der Waals surface area contributed by atoms with Crippen LogP contribution in [0.5, 0.6) is 0 Å². The minimum atomic E-state index is -0.325. The van der Waals surface area contributed by atoms with Gasteiger partial charge in [0, 0.05) is 22.4 Å². The number of halogens is 1. The van der Waals surface area contributed by atoms with Gasteiger partial charge in [0.05, 0.1) is 6.04 Å². The molecule has 0 unspecified atom stereocenters. The van der Waals surface area contributed by atoms with Crippen LogP contribution < -0.4 is 5.73 Å². The maximum Gasteiger partial charge on any atom is 0.244 e. The van der Waals surface area contributed by atoms with E-state index < -0.39 is 0 Å². The van der Waals surface area contributed by atoms with Crippen LogP contribution in [-0.2, 0) is 6.42 Å². The number of nitrogens with two attached hydrogens (primary N) is 1. The molecule has 0 bridgehead atoms. The van der Waals surface area contributed by atoms with Crippen LogP contribution in [0.3, 0.4) is 0 Å². The Labute approximate surface area is 130 Å². The molecular formula is C15H13BrN4O. The molecule has 0 saturated carbocycles. The zero-order chi connectivity index (χ0) is 14.7. The summed E-state index contributed by atoms with van der Waals surface area (Å²) in [4.78, 5) is 8.44. The molecule has 0 aliphatic rings. The normalized spacial score (nSPS) is 12.3. The van der Waals surface area contributed by atoms with Gasteiger partial charge in [0.15, 0.2) is 0 Å². The summed E-state index contributed by atoms with van der Waals surface area (Å²) in [5, 5.41) is 3.96. The lowest BCUT2D eigenvalue weighted by atomic mass is 10.1. The first kappa shape index (κ1) is 13.9. The summed E-state index contributed by atoms with van der Waals surface area (Å²) in [6, 6.07) is 11.5. The van der Waals surface area contributed by atoms with E-state index in [2.05, 4.69) is 31.1 Å². The predicted octanol–water partition coefficient (Wildman–Crippen LogP) is 3.14. The van der Waals surface area contributed by atoms with Crippen molar-refractivity contribution in [3.63, 3.8) is 0 Å². The molecule has 0 saturated heterocycles. The van der Waals surface area contributed by atoms with E-state index in [-0.39, 0.29) is 6.04 Å².